The van der Waals surface area contributed by atoms with Gasteiger partial charge in [0.1, 0.15) is 0 Å². The maximum atomic E-state index is 12.5. The predicted molar refractivity (Wildman–Crippen MR) is 51.6 cm³/mol. The molecule has 0 saturated carbocycles. The number of amides is 1. The van der Waals surface area contributed by atoms with Gasteiger partial charge >= 0.3 is 6.18 Å². The van der Waals surface area contributed by atoms with E-state index in [1.165, 1.54) is 6.07 Å². The summed E-state index contributed by atoms with van der Waals surface area (Å²) >= 11 is 2.86. The Morgan fingerprint density at radius 1 is 1.38 bits per heavy atom. The molecule has 0 N–H and O–H groups in total. The molecule has 0 saturated heterocycles. The molecule has 0 radical (unpaired) electrons. The summed E-state index contributed by atoms with van der Waals surface area (Å²) in [6.07, 6.45) is -3.78. The second kappa shape index (κ2) is 4.59. The topological polar surface area (TPSA) is 46.5 Å². The molecule has 0 fully saturated rings. The largest absolute Gasteiger partial charge is 0.417 e. The van der Waals surface area contributed by atoms with Crippen molar-refractivity contribution in [2.24, 2.45) is 4.99 Å². The molecule has 0 aromatic heterocycles. The van der Waals surface area contributed by atoms with E-state index in [9.17, 15) is 22.8 Å². The highest BCUT2D eigenvalue weighted by Crippen LogP contribution is 2.34. The van der Waals surface area contributed by atoms with Gasteiger partial charge in [-0.1, -0.05) is 15.9 Å². The van der Waals surface area contributed by atoms with Crippen LogP contribution in [0.15, 0.2) is 27.7 Å². The number of carbonyl (C=O) groups is 1. The first-order chi connectivity index (χ1) is 7.36. The summed E-state index contributed by atoms with van der Waals surface area (Å²) in [5.74, 6) is -1.27. The molecule has 1 aromatic rings. The molecule has 0 unspecified atom stereocenters. The molecule has 1 amide bonds. The lowest BCUT2D eigenvalue weighted by atomic mass is 10.1. The molecule has 0 heterocycles. The molecule has 16 heavy (non-hydrogen) atoms. The Morgan fingerprint density at radius 2 is 2.00 bits per heavy atom. The van der Waals surface area contributed by atoms with Gasteiger partial charge in [0.15, 0.2) is 0 Å². The lowest BCUT2D eigenvalue weighted by Gasteiger charge is -2.10. The molecule has 0 aliphatic carbocycles. The lowest BCUT2D eigenvalue weighted by molar-refractivity contribution is -0.137. The summed E-state index contributed by atoms with van der Waals surface area (Å²) in [5.41, 5.74) is -1.83. The van der Waals surface area contributed by atoms with E-state index in [1.807, 2.05) is 0 Å². The third-order valence-corrected chi connectivity index (χ3v) is 2.16. The van der Waals surface area contributed by atoms with Gasteiger partial charge in [-0.15, -0.1) is 4.99 Å². The van der Waals surface area contributed by atoms with Crippen LogP contribution in [0, 0.1) is 0 Å². The summed E-state index contributed by atoms with van der Waals surface area (Å²) in [4.78, 5) is 23.5. The molecule has 1 rings (SSSR count). The molecule has 0 aliphatic heterocycles. The first-order valence-corrected chi connectivity index (χ1v) is 4.64. The monoisotopic (exact) mass is 293 g/mol. The van der Waals surface area contributed by atoms with Gasteiger partial charge in [-0.2, -0.15) is 13.2 Å². The van der Waals surface area contributed by atoms with Gasteiger partial charge in [0.2, 0.25) is 6.08 Å². The fraction of sp³-hybridized carbons (Fsp3) is 0.111. The van der Waals surface area contributed by atoms with Gasteiger partial charge in [0.05, 0.1) is 11.1 Å². The molecule has 0 bridgehead atoms. The van der Waals surface area contributed by atoms with Crippen molar-refractivity contribution in [1.82, 2.24) is 0 Å². The average molecular weight is 294 g/mol. The minimum absolute atomic E-state index is 0.173. The molecular weight excluding hydrogens is 291 g/mol. The maximum Gasteiger partial charge on any atom is 0.417 e. The van der Waals surface area contributed by atoms with Crippen LogP contribution in [-0.2, 0) is 11.0 Å². The zero-order valence-electron chi connectivity index (χ0n) is 7.51. The Bertz CT molecular complexity index is 478. The fourth-order valence-corrected chi connectivity index (χ4v) is 1.40. The molecule has 1 aromatic carbocycles. The lowest BCUT2D eigenvalue weighted by Crippen LogP contribution is -2.12. The minimum Gasteiger partial charge on any atom is -0.266 e. The molecular formula is C9H3BrF3NO2. The zero-order chi connectivity index (χ0) is 12.3. The van der Waals surface area contributed by atoms with Crippen LogP contribution >= 0.6 is 15.9 Å². The Balaban J connectivity index is 3.39. The fourth-order valence-electron chi connectivity index (χ4n) is 1.04. The van der Waals surface area contributed by atoms with Crippen molar-refractivity contribution in [3.63, 3.8) is 0 Å². The minimum atomic E-state index is -4.69. The number of carbonyl (C=O) groups excluding carboxylic acids is 2. The van der Waals surface area contributed by atoms with Crippen molar-refractivity contribution in [1.29, 1.82) is 0 Å². The van der Waals surface area contributed by atoms with Crippen molar-refractivity contribution in [2.45, 2.75) is 6.18 Å². The van der Waals surface area contributed by atoms with Gasteiger partial charge < -0.3 is 0 Å². The van der Waals surface area contributed by atoms with Crippen LogP contribution < -0.4 is 0 Å². The first kappa shape index (κ1) is 12.6. The van der Waals surface area contributed by atoms with E-state index in [-0.39, 0.29) is 4.47 Å². The van der Waals surface area contributed by atoms with Crippen LogP contribution in [-0.4, -0.2) is 12.0 Å². The molecule has 84 valence electrons. The zero-order valence-corrected chi connectivity index (χ0v) is 9.09. The van der Waals surface area contributed by atoms with Crippen molar-refractivity contribution in [2.75, 3.05) is 0 Å². The van der Waals surface area contributed by atoms with Gasteiger partial charge in [-0.05, 0) is 18.2 Å². The van der Waals surface area contributed by atoms with Gasteiger partial charge in [0.25, 0.3) is 5.91 Å². The number of hydrogen-bond donors (Lipinski definition) is 0. The van der Waals surface area contributed by atoms with Crippen LogP contribution in [0.4, 0.5) is 13.2 Å². The Labute approximate surface area is 96.1 Å². The highest BCUT2D eigenvalue weighted by atomic mass is 79.9. The third-order valence-electron chi connectivity index (χ3n) is 1.66. The summed E-state index contributed by atoms with van der Waals surface area (Å²) in [6, 6.07) is 2.94. The van der Waals surface area contributed by atoms with Crippen LogP contribution in [0.2, 0.25) is 0 Å². The van der Waals surface area contributed by atoms with E-state index in [2.05, 4.69) is 20.9 Å². The number of halogens is 4. The second-order valence-electron chi connectivity index (χ2n) is 2.70. The highest BCUT2D eigenvalue weighted by Gasteiger charge is 2.35. The van der Waals surface area contributed by atoms with Crippen LogP contribution in [0.1, 0.15) is 15.9 Å². The molecule has 0 spiro atoms. The SMILES string of the molecule is O=C=NC(=O)c1ccc(Br)cc1C(F)(F)F. The molecule has 3 nitrogen and oxygen atoms in total. The smallest absolute Gasteiger partial charge is 0.266 e. The number of nitrogens with zero attached hydrogens (tertiary/aromatic N) is 1. The normalized spacial score (nSPS) is 10.8. The van der Waals surface area contributed by atoms with E-state index >= 15 is 0 Å². The summed E-state index contributed by atoms with van der Waals surface area (Å²) in [6.45, 7) is 0. The Hall–Kier alpha value is -1.46. The molecule has 0 atom stereocenters. The number of hydrogen-bond acceptors (Lipinski definition) is 2. The average Bonchev–Trinajstić information content (AvgIpc) is 2.16. The van der Waals surface area contributed by atoms with Crippen molar-refractivity contribution >= 4 is 27.9 Å². The van der Waals surface area contributed by atoms with Crippen molar-refractivity contribution < 1.29 is 22.8 Å². The molecule has 0 aliphatic rings. The summed E-state index contributed by atoms with van der Waals surface area (Å²) in [7, 11) is 0. The van der Waals surface area contributed by atoms with E-state index in [0.29, 0.717) is 0 Å². The van der Waals surface area contributed by atoms with Crippen LogP contribution in [0.5, 0.6) is 0 Å². The van der Waals surface area contributed by atoms with E-state index in [4.69, 9.17) is 0 Å². The predicted octanol–water partition coefficient (Wildman–Crippen LogP) is 2.94. The van der Waals surface area contributed by atoms with E-state index in [1.54, 1.807) is 0 Å². The Kier molecular flexibility index (Phi) is 3.62. The van der Waals surface area contributed by atoms with E-state index in [0.717, 1.165) is 18.2 Å². The van der Waals surface area contributed by atoms with Crippen LogP contribution in [0.25, 0.3) is 0 Å². The third kappa shape index (κ3) is 2.77. The van der Waals surface area contributed by atoms with Crippen molar-refractivity contribution in [3.05, 3.63) is 33.8 Å². The molecule has 7 heteroatoms. The van der Waals surface area contributed by atoms with E-state index < -0.39 is 23.2 Å². The number of rotatable bonds is 1. The maximum absolute atomic E-state index is 12.5. The number of isocyanates is 1. The quantitative estimate of drug-likeness (QED) is 0.590. The highest BCUT2D eigenvalue weighted by molar-refractivity contribution is 9.10. The van der Waals surface area contributed by atoms with Crippen molar-refractivity contribution in [3.8, 4) is 0 Å². The number of aliphatic imine (C=N–C) groups is 1. The number of benzene rings is 1. The number of alkyl halides is 3. The summed E-state index contributed by atoms with van der Waals surface area (Å²) in [5, 5.41) is 0. The Morgan fingerprint density at radius 3 is 2.50 bits per heavy atom. The first-order valence-electron chi connectivity index (χ1n) is 3.85. The second-order valence-corrected chi connectivity index (χ2v) is 3.61. The summed E-state index contributed by atoms with van der Waals surface area (Å²) < 4.78 is 37.7. The standard InChI is InChI=1S/C9H3BrF3NO2/c10-5-1-2-6(8(16)14-4-15)7(3-5)9(11,12)13/h1-3H. The van der Waals surface area contributed by atoms with Crippen LogP contribution in [0.3, 0.4) is 0 Å². The van der Waals surface area contributed by atoms with Gasteiger partial charge in [0, 0.05) is 4.47 Å². The van der Waals surface area contributed by atoms with Gasteiger partial charge in [-0.3, -0.25) is 4.79 Å². The van der Waals surface area contributed by atoms with Gasteiger partial charge in [-0.25, -0.2) is 4.79 Å².